The fraction of sp³-hybridized carbons (Fsp3) is 0.462. The molecule has 1 aliphatic rings. The molecule has 2 nitrogen and oxygen atoms in total. The van der Waals surface area contributed by atoms with Crippen molar-refractivity contribution in [2.75, 3.05) is 0 Å². The summed E-state index contributed by atoms with van der Waals surface area (Å²) in [6.07, 6.45) is -2.32. The van der Waals surface area contributed by atoms with Crippen molar-refractivity contribution in [1.82, 2.24) is 0 Å². The van der Waals surface area contributed by atoms with Gasteiger partial charge in [0.2, 0.25) is 0 Å². The van der Waals surface area contributed by atoms with Gasteiger partial charge in [-0.25, -0.2) is 0 Å². The van der Waals surface area contributed by atoms with E-state index in [2.05, 4.69) is 20.7 Å². The van der Waals surface area contributed by atoms with Crippen LogP contribution in [0, 0.1) is 5.92 Å². The van der Waals surface area contributed by atoms with Crippen molar-refractivity contribution in [2.45, 2.75) is 30.5 Å². The second-order valence-corrected chi connectivity index (χ2v) is 5.65. The summed E-state index contributed by atoms with van der Waals surface area (Å²) < 4.78 is 39.7. The van der Waals surface area contributed by atoms with Crippen molar-refractivity contribution in [3.63, 3.8) is 0 Å². The highest BCUT2D eigenvalue weighted by atomic mass is 79.9. The average Bonchev–Trinajstić information content (AvgIpc) is 3.12. The Kier molecular flexibility index (Phi) is 4.18. The van der Waals surface area contributed by atoms with Crippen LogP contribution >= 0.6 is 15.9 Å². The van der Waals surface area contributed by atoms with Crippen LogP contribution in [0.2, 0.25) is 0 Å². The van der Waals surface area contributed by atoms with Gasteiger partial charge in [-0.2, -0.15) is 0 Å². The Morgan fingerprint density at radius 2 is 1.89 bits per heavy atom. The Balaban J connectivity index is 1.92. The number of ketones is 1. The molecule has 1 aliphatic carbocycles. The first kappa shape index (κ1) is 14.4. The van der Waals surface area contributed by atoms with Crippen molar-refractivity contribution in [3.05, 3.63) is 29.8 Å². The number of benzene rings is 1. The van der Waals surface area contributed by atoms with Crippen molar-refractivity contribution >= 4 is 21.7 Å². The van der Waals surface area contributed by atoms with Crippen LogP contribution in [0.1, 0.15) is 18.4 Å². The van der Waals surface area contributed by atoms with Gasteiger partial charge in [0.05, 0.1) is 4.83 Å². The van der Waals surface area contributed by atoms with Gasteiger partial charge in [-0.1, -0.05) is 28.1 Å². The van der Waals surface area contributed by atoms with Gasteiger partial charge >= 0.3 is 6.36 Å². The monoisotopic (exact) mass is 336 g/mol. The predicted octanol–water partition coefficient (Wildman–Crippen LogP) is 3.87. The van der Waals surface area contributed by atoms with E-state index in [1.165, 1.54) is 24.3 Å². The molecule has 0 bridgehead atoms. The molecule has 0 aliphatic heterocycles. The van der Waals surface area contributed by atoms with E-state index >= 15 is 0 Å². The predicted molar refractivity (Wildman–Crippen MR) is 67.3 cm³/mol. The zero-order valence-electron chi connectivity index (χ0n) is 9.91. The molecule has 0 radical (unpaired) electrons. The van der Waals surface area contributed by atoms with Crippen LogP contribution in [0.4, 0.5) is 13.2 Å². The molecule has 0 heterocycles. The van der Waals surface area contributed by atoms with Crippen LogP contribution in [0.25, 0.3) is 0 Å². The first-order valence-corrected chi connectivity index (χ1v) is 6.79. The molecular weight excluding hydrogens is 325 g/mol. The zero-order chi connectivity index (χ0) is 14.0. The number of hydrogen-bond acceptors (Lipinski definition) is 2. The maximum absolute atomic E-state index is 12.0. The maximum Gasteiger partial charge on any atom is 0.573 e. The maximum atomic E-state index is 12.0. The number of carbonyl (C=O) groups is 1. The highest BCUT2D eigenvalue weighted by molar-refractivity contribution is 9.10. The lowest BCUT2D eigenvalue weighted by atomic mass is 10.1. The summed E-state index contributed by atoms with van der Waals surface area (Å²) in [4.78, 5) is 11.5. The molecule has 0 saturated heterocycles. The van der Waals surface area contributed by atoms with Crippen LogP contribution in [-0.4, -0.2) is 17.0 Å². The van der Waals surface area contributed by atoms with Gasteiger partial charge in [-0.05, 0) is 37.0 Å². The molecule has 1 saturated carbocycles. The van der Waals surface area contributed by atoms with E-state index in [1.54, 1.807) is 0 Å². The van der Waals surface area contributed by atoms with Gasteiger partial charge in [-0.15, -0.1) is 13.2 Å². The topological polar surface area (TPSA) is 26.3 Å². The molecule has 104 valence electrons. The summed E-state index contributed by atoms with van der Waals surface area (Å²) in [5.74, 6) is 0.0868. The number of hydrogen-bond donors (Lipinski definition) is 0. The third kappa shape index (κ3) is 4.53. The number of Topliss-reactive ketones (excluding diaryl/α,β-unsaturated/α-hetero) is 1. The SMILES string of the molecule is O=C(C(Br)Cc1ccc(OC(F)(F)F)cc1)C1CC1. The van der Waals surface area contributed by atoms with Gasteiger partial charge in [-0.3, -0.25) is 4.79 Å². The first-order valence-electron chi connectivity index (χ1n) is 5.87. The Hall–Kier alpha value is -1.04. The fourth-order valence-corrected chi connectivity index (χ4v) is 2.51. The van der Waals surface area contributed by atoms with E-state index < -0.39 is 6.36 Å². The molecule has 19 heavy (non-hydrogen) atoms. The molecule has 0 amide bonds. The lowest BCUT2D eigenvalue weighted by Gasteiger charge is -2.11. The minimum absolute atomic E-state index is 0.164. The Bertz CT molecular complexity index is 452. The summed E-state index contributed by atoms with van der Waals surface area (Å²) in [6, 6.07) is 5.58. The lowest BCUT2D eigenvalue weighted by molar-refractivity contribution is -0.274. The fourth-order valence-electron chi connectivity index (χ4n) is 1.76. The van der Waals surface area contributed by atoms with Gasteiger partial charge in [0, 0.05) is 5.92 Å². The normalized spacial score (nSPS) is 17.1. The quantitative estimate of drug-likeness (QED) is 0.763. The Morgan fingerprint density at radius 1 is 1.32 bits per heavy atom. The van der Waals surface area contributed by atoms with Gasteiger partial charge in [0.25, 0.3) is 0 Å². The highest BCUT2D eigenvalue weighted by Crippen LogP contribution is 2.33. The third-order valence-electron chi connectivity index (χ3n) is 2.86. The molecule has 2 rings (SSSR count). The molecule has 0 spiro atoms. The van der Waals surface area contributed by atoms with E-state index in [9.17, 15) is 18.0 Å². The highest BCUT2D eigenvalue weighted by Gasteiger charge is 2.33. The molecule has 1 atom stereocenters. The molecule has 6 heteroatoms. The van der Waals surface area contributed by atoms with Crippen LogP contribution in [0.5, 0.6) is 5.75 Å². The molecule has 0 aromatic heterocycles. The Labute approximate surface area is 117 Å². The summed E-state index contributed by atoms with van der Waals surface area (Å²) in [5.41, 5.74) is 0.797. The second-order valence-electron chi connectivity index (χ2n) is 4.54. The van der Waals surface area contributed by atoms with Gasteiger partial charge < -0.3 is 4.74 Å². The van der Waals surface area contributed by atoms with Crippen LogP contribution in [-0.2, 0) is 11.2 Å². The lowest BCUT2D eigenvalue weighted by Crippen LogP contribution is -2.18. The van der Waals surface area contributed by atoms with Crippen LogP contribution in [0.3, 0.4) is 0 Å². The number of carbonyl (C=O) groups excluding carboxylic acids is 1. The van der Waals surface area contributed by atoms with E-state index in [0.717, 1.165) is 18.4 Å². The van der Waals surface area contributed by atoms with Crippen molar-refractivity contribution < 1.29 is 22.7 Å². The van der Waals surface area contributed by atoms with E-state index in [0.29, 0.717) is 6.42 Å². The summed E-state index contributed by atoms with van der Waals surface area (Å²) >= 11 is 3.33. The smallest absolute Gasteiger partial charge is 0.406 e. The van der Waals surface area contributed by atoms with Crippen LogP contribution in [0.15, 0.2) is 24.3 Å². The average molecular weight is 337 g/mol. The standard InChI is InChI=1S/C13H12BrF3O2/c14-11(12(18)9-3-4-9)7-8-1-5-10(6-2-8)19-13(15,16)17/h1-2,5-6,9,11H,3-4,7H2. The van der Waals surface area contributed by atoms with Crippen molar-refractivity contribution in [3.8, 4) is 5.75 Å². The molecular formula is C13H12BrF3O2. The van der Waals surface area contributed by atoms with E-state index in [1.807, 2.05) is 0 Å². The second kappa shape index (κ2) is 5.53. The first-order chi connectivity index (χ1) is 8.85. The summed E-state index contributed by atoms with van der Waals surface area (Å²) in [7, 11) is 0. The van der Waals surface area contributed by atoms with E-state index in [-0.39, 0.29) is 22.3 Å². The molecule has 1 aromatic rings. The zero-order valence-corrected chi connectivity index (χ0v) is 11.5. The molecule has 1 unspecified atom stereocenters. The number of halogens is 4. The molecule has 1 aromatic carbocycles. The van der Waals surface area contributed by atoms with Crippen LogP contribution < -0.4 is 4.74 Å². The van der Waals surface area contributed by atoms with E-state index in [4.69, 9.17) is 0 Å². The number of ether oxygens (including phenoxy) is 1. The molecule has 1 fully saturated rings. The summed E-state index contributed by atoms with van der Waals surface area (Å²) in [6.45, 7) is 0. The van der Waals surface area contributed by atoms with Crippen molar-refractivity contribution in [1.29, 1.82) is 0 Å². The van der Waals surface area contributed by atoms with Crippen molar-refractivity contribution in [2.24, 2.45) is 5.92 Å². The Morgan fingerprint density at radius 3 is 2.37 bits per heavy atom. The molecule has 0 N–H and O–H groups in total. The summed E-state index contributed by atoms with van der Waals surface area (Å²) in [5, 5.41) is 0. The largest absolute Gasteiger partial charge is 0.573 e. The minimum atomic E-state index is -4.68. The van der Waals surface area contributed by atoms with Gasteiger partial charge in [0.15, 0.2) is 0 Å². The number of rotatable bonds is 5. The van der Waals surface area contributed by atoms with Gasteiger partial charge in [0.1, 0.15) is 11.5 Å². The number of alkyl halides is 4. The minimum Gasteiger partial charge on any atom is -0.406 e. The third-order valence-corrected chi connectivity index (χ3v) is 3.64.